The maximum absolute atomic E-state index is 12.5. The number of carbonyl (C=O) groups excluding carboxylic acids is 1. The van der Waals surface area contributed by atoms with Gasteiger partial charge in [0.25, 0.3) is 0 Å². The summed E-state index contributed by atoms with van der Waals surface area (Å²) < 4.78 is 29.6. The fraction of sp³-hybridized carbons (Fsp3) is 0.909. The van der Waals surface area contributed by atoms with E-state index in [1.807, 2.05) is 0 Å². The molecular formula is C11H20F2O2S. The van der Waals surface area contributed by atoms with Crippen molar-refractivity contribution < 1.29 is 18.3 Å². The summed E-state index contributed by atoms with van der Waals surface area (Å²) in [5.74, 6) is -1.61. The molecule has 96 valence electrons. The first-order valence-electron chi connectivity index (χ1n) is 5.23. The molecule has 0 bridgehead atoms. The molecule has 0 spiro atoms. The fourth-order valence-electron chi connectivity index (χ4n) is 1.15. The van der Waals surface area contributed by atoms with Crippen LogP contribution in [0.2, 0.25) is 0 Å². The van der Waals surface area contributed by atoms with Crippen molar-refractivity contribution in [3.05, 3.63) is 0 Å². The first-order chi connectivity index (χ1) is 7.19. The van der Waals surface area contributed by atoms with Gasteiger partial charge in [0.15, 0.2) is 0 Å². The van der Waals surface area contributed by atoms with Gasteiger partial charge in [0, 0.05) is 12.2 Å². The summed E-state index contributed by atoms with van der Waals surface area (Å²) in [5, 5.41) is 0. The Labute approximate surface area is 100 Å². The van der Waals surface area contributed by atoms with Gasteiger partial charge in [0.1, 0.15) is 0 Å². The minimum atomic E-state index is -2.58. The molecule has 0 saturated carbocycles. The molecule has 0 atom stereocenters. The van der Waals surface area contributed by atoms with E-state index in [1.165, 1.54) is 18.9 Å². The van der Waals surface area contributed by atoms with Gasteiger partial charge in [-0.1, -0.05) is 0 Å². The first kappa shape index (κ1) is 15.7. The van der Waals surface area contributed by atoms with Crippen LogP contribution in [0.3, 0.4) is 0 Å². The van der Waals surface area contributed by atoms with Crippen molar-refractivity contribution >= 4 is 17.7 Å². The van der Waals surface area contributed by atoms with Crippen molar-refractivity contribution in [1.82, 2.24) is 0 Å². The van der Waals surface area contributed by atoms with E-state index in [-0.39, 0.29) is 12.4 Å². The third-order valence-corrected chi connectivity index (χ3v) is 3.61. The van der Waals surface area contributed by atoms with E-state index in [4.69, 9.17) is 0 Å². The Hall–Kier alpha value is -0.320. The lowest BCUT2D eigenvalue weighted by molar-refractivity contribution is -0.149. The molecule has 0 aromatic heterocycles. The van der Waals surface area contributed by atoms with Crippen molar-refractivity contribution in [3.63, 3.8) is 0 Å². The van der Waals surface area contributed by atoms with Crippen molar-refractivity contribution in [2.24, 2.45) is 5.41 Å². The second-order valence-electron chi connectivity index (χ2n) is 4.60. The molecule has 0 unspecified atom stereocenters. The van der Waals surface area contributed by atoms with E-state index in [0.29, 0.717) is 17.9 Å². The summed E-state index contributed by atoms with van der Waals surface area (Å²) in [6.07, 6.45) is 0.365. The predicted molar refractivity (Wildman–Crippen MR) is 63.0 cm³/mol. The lowest BCUT2D eigenvalue weighted by Crippen LogP contribution is -2.28. The molecule has 0 aliphatic heterocycles. The zero-order valence-electron chi connectivity index (χ0n) is 10.3. The van der Waals surface area contributed by atoms with E-state index < -0.39 is 11.3 Å². The lowest BCUT2D eigenvalue weighted by atomic mass is 9.97. The van der Waals surface area contributed by atoms with E-state index in [9.17, 15) is 13.6 Å². The summed E-state index contributed by atoms with van der Waals surface area (Å²) in [6, 6.07) is 0. The van der Waals surface area contributed by atoms with Gasteiger partial charge in [-0.25, -0.2) is 8.78 Å². The van der Waals surface area contributed by atoms with Crippen LogP contribution in [0.5, 0.6) is 0 Å². The van der Waals surface area contributed by atoms with Gasteiger partial charge < -0.3 is 4.74 Å². The number of thioether (sulfide) groups is 1. The van der Waals surface area contributed by atoms with Gasteiger partial charge >= 0.3 is 5.97 Å². The maximum Gasteiger partial charge on any atom is 0.312 e. The van der Waals surface area contributed by atoms with E-state index in [1.54, 1.807) is 13.8 Å². The van der Waals surface area contributed by atoms with E-state index >= 15 is 0 Å². The Kier molecular flexibility index (Phi) is 6.30. The van der Waals surface area contributed by atoms with Crippen LogP contribution in [0.25, 0.3) is 0 Å². The second-order valence-corrected chi connectivity index (χ2v) is 5.71. The minimum Gasteiger partial charge on any atom is -0.469 e. The monoisotopic (exact) mass is 254 g/mol. The van der Waals surface area contributed by atoms with Gasteiger partial charge in [-0.2, -0.15) is 11.8 Å². The lowest BCUT2D eigenvalue weighted by Gasteiger charge is -2.20. The number of carbonyl (C=O) groups is 1. The summed E-state index contributed by atoms with van der Waals surface area (Å²) in [5.41, 5.74) is -0.547. The molecular weight excluding hydrogens is 234 g/mol. The maximum atomic E-state index is 12.5. The zero-order valence-corrected chi connectivity index (χ0v) is 11.1. The molecule has 2 nitrogen and oxygen atoms in total. The standard InChI is InChI=1S/C11H20F2O2S/c1-10(2,9(14)15-4)8-16-7-5-6-11(3,12)13/h5-8H2,1-4H3. The number of ether oxygens (including phenoxy) is 1. The molecule has 0 radical (unpaired) electrons. The Morgan fingerprint density at radius 1 is 1.31 bits per heavy atom. The molecule has 0 saturated heterocycles. The van der Waals surface area contributed by atoms with Crippen molar-refractivity contribution in [2.45, 2.75) is 39.5 Å². The SMILES string of the molecule is COC(=O)C(C)(C)CSCCCC(C)(F)F. The molecule has 0 rings (SSSR count). The number of hydrogen-bond donors (Lipinski definition) is 0. The Morgan fingerprint density at radius 2 is 1.88 bits per heavy atom. The third-order valence-electron chi connectivity index (χ3n) is 2.11. The van der Waals surface area contributed by atoms with Crippen molar-refractivity contribution in [3.8, 4) is 0 Å². The molecule has 0 aliphatic carbocycles. The number of rotatable bonds is 7. The Bertz CT molecular complexity index is 225. The Balaban J connectivity index is 3.70. The summed E-state index contributed by atoms with van der Waals surface area (Å²) in [7, 11) is 1.35. The molecule has 0 aromatic carbocycles. The first-order valence-corrected chi connectivity index (χ1v) is 6.38. The zero-order chi connectivity index (χ0) is 12.8. The minimum absolute atomic E-state index is 0.0986. The van der Waals surface area contributed by atoms with Crippen LogP contribution in [0.4, 0.5) is 8.78 Å². The normalized spacial score (nSPS) is 12.6. The predicted octanol–water partition coefficient (Wildman–Crippen LogP) is 3.35. The van der Waals surface area contributed by atoms with Crippen LogP contribution in [-0.4, -0.2) is 30.5 Å². The van der Waals surface area contributed by atoms with Crippen LogP contribution in [0, 0.1) is 5.41 Å². The number of esters is 1. The molecule has 5 heteroatoms. The number of methoxy groups -OCH3 is 1. The second kappa shape index (κ2) is 6.42. The smallest absolute Gasteiger partial charge is 0.312 e. The summed E-state index contributed by atoms with van der Waals surface area (Å²) >= 11 is 1.51. The highest BCUT2D eigenvalue weighted by Gasteiger charge is 2.28. The van der Waals surface area contributed by atoms with E-state index in [0.717, 1.165) is 6.92 Å². The quantitative estimate of drug-likeness (QED) is 0.515. The topological polar surface area (TPSA) is 26.3 Å². The van der Waals surface area contributed by atoms with E-state index in [2.05, 4.69) is 4.74 Å². The average molecular weight is 254 g/mol. The highest BCUT2D eigenvalue weighted by atomic mass is 32.2. The van der Waals surface area contributed by atoms with Crippen LogP contribution in [0.15, 0.2) is 0 Å². The van der Waals surface area contributed by atoms with Crippen LogP contribution in [0.1, 0.15) is 33.6 Å². The van der Waals surface area contributed by atoms with Crippen LogP contribution >= 0.6 is 11.8 Å². The fourth-order valence-corrected chi connectivity index (χ4v) is 2.27. The highest BCUT2D eigenvalue weighted by Crippen LogP contribution is 2.25. The highest BCUT2D eigenvalue weighted by molar-refractivity contribution is 7.99. The van der Waals surface area contributed by atoms with Crippen LogP contribution in [-0.2, 0) is 9.53 Å². The van der Waals surface area contributed by atoms with Gasteiger partial charge in [-0.3, -0.25) is 4.79 Å². The number of hydrogen-bond acceptors (Lipinski definition) is 3. The van der Waals surface area contributed by atoms with Crippen molar-refractivity contribution in [2.75, 3.05) is 18.6 Å². The molecule has 0 amide bonds. The average Bonchev–Trinajstić information content (AvgIpc) is 2.14. The number of alkyl halides is 2. The van der Waals surface area contributed by atoms with Gasteiger partial charge in [0.05, 0.1) is 12.5 Å². The molecule has 0 aromatic rings. The Morgan fingerprint density at radius 3 is 2.31 bits per heavy atom. The van der Waals surface area contributed by atoms with Gasteiger partial charge in [-0.05, 0) is 32.9 Å². The molecule has 0 fully saturated rings. The third kappa shape index (κ3) is 7.04. The molecule has 0 N–H and O–H groups in total. The molecule has 16 heavy (non-hydrogen) atoms. The summed E-state index contributed by atoms with van der Waals surface area (Å²) in [4.78, 5) is 11.3. The van der Waals surface area contributed by atoms with Crippen LogP contribution < -0.4 is 0 Å². The molecule has 0 heterocycles. The summed E-state index contributed by atoms with van der Waals surface area (Å²) in [6.45, 7) is 4.51. The largest absolute Gasteiger partial charge is 0.469 e. The van der Waals surface area contributed by atoms with Crippen molar-refractivity contribution in [1.29, 1.82) is 0 Å². The number of halogens is 2. The van der Waals surface area contributed by atoms with Gasteiger partial charge in [-0.15, -0.1) is 0 Å². The van der Waals surface area contributed by atoms with Gasteiger partial charge in [0.2, 0.25) is 5.92 Å². The molecule has 0 aliphatic rings.